The summed E-state index contributed by atoms with van der Waals surface area (Å²) in [5, 5.41) is 9.46. The highest BCUT2D eigenvalue weighted by atomic mass is 16.5. The molecule has 0 aliphatic heterocycles. The van der Waals surface area contributed by atoms with Crippen LogP contribution in [-0.2, 0) is 0 Å². The zero-order valence-corrected chi connectivity index (χ0v) is 8.94. The lowest BCUT2D eigenvalue weighted by atomic mass is 9.77. The van der Waals surface area contributed by atoms with E-state index in [0.717, 1.165) is 5.56 Å². The standard InChI is InChI=1S/C12H17NO2/c1-15-11-7-9(5-6-10(11)14)12(13)8-3-2-4-8/h5-8,12,14H,2-4,13H2,1H3/t12-/m1/s1. The second kappa shape index (κ2) is 4.11. The molecule has 3 nitrogen and oxygen atoms in total. The number of aromatic hydroxyl groups is 1. The van der Waals surface area contributed by atoms with Gasteiger partial charge in [-0.15, -0.1) is 0 Å². The molecule has 0 unspecified atom stereocenters. The Hall–Kier alpha value is -1.22. The lowest BCUT2D eigenvalue weighted by molar-refractivity contribution is 0.263. The molecule has 3 N–H and O–H groups in total. The normalized spacial score (nSPS) is 18.3. The minimum Gasteiger partial charge on any atom is -0.504 e. The van der Waals surface area contributed by atoms with Crippen LogP contribution in [-0.4, -0.2) is 12.2 Å². The number of phenols is 1. The highest BCUT2D eigenvalue weighted by Gasteiger charge is 2.25. The van der Waals surface area contributed by atoms with Gasteiger partial charge in [0.15, 0.2) is 11.5 Å². The van der Waals surface area contributed by atoms with E-state index in [2.05, 4.69) is 0 Å². The zero-order chi connectivity index (χ0) is 10.8. The van der Waals surface area contributed by atoms with Crippen molar-refractivity contribution in [3.8, 4) is 11.5 Å². The average molecular weight is 207 g/mol. The Morgan fingerprint density at radius 1 is 1.47 bits per heavy atom. The first-order valence-electron chi connectivity index (χ1n) is 5.35. The van der Waals surface area contributed by atoms with Crippen molar-refractivity contribution in [2.75, 3.05) is 7.11 Å². The number of ether oxygens (including phenoxy) is 1. The van der Waals surface area contributed by atoms with Crippen LogP contribution in [0.15, 0.2) is 18.2 Å². The first-order chi connectivity index (χ1) is 7.22. The van der Waals surface area contributed by atoms with Gasteiger partial charge in [0.25, 0.3) is 0 Å². The average Bonchev–Trinajstić information content (AvgIpc) is 2.15. The fourth-order valence-corrected chi connectivity index (χ4v) is 1.97. The topological polar surface area (TPSA) is 55.5 Å². The molecule has 0 bridgehead atoms. The van der Waals surface area contributed by atoms with Crippen LogP contribution in [0.25, 0.3) is 0 Å². The number of phenolic OH excluding ortho intramolecular Hbond substituents is 1. The summed E-state index contributed by atoms with van der Waals surface area (Å²) in [5.74, 6) is 1.27. The third-order valence-corrected chi connectivity index (χ3v) is 3.25. The van der Waals surface area contributed by atoms with Crippen LogP contribution < -0.4 is 10.5 Å². The lowest BCUT2D eigenvalue weighted by Gasteiger charge is -2.31. The second-order valence-electron chi connectivity index (χ2n) is 4.15. The van der Waals surface area contributed by atoms with Crippen LogP contribution in [0.1, 0.15) is 30.9 Å². The first-order valence-corrected chi connectivity index (χ1v) is 5.35. The smallest absolute Gasteiger partial charge is 0.160 e. The highest BCUT2D eigenvalue weighted by Crippen LogP contribution is 2.38. The summed E-state index contributed by atoms with van der Waals surface area (Å²) < 4.78 is 5.06. The Morgan fingerprint density at radius 2 is 2.20 bits per heavy atom. The van der Waals surface area contributed by atoms with Crippen LogP contribution >= 0.6 is 0 Å². The highest BCUT2D eigenvalue weighted by molar-refractivity contribution is 5.42. The molecule has 0 amide bonds. The Labute approximate surface area is 89.9 Å². The monoisotopic (exact) mass is 207 g/mol. The molecule has 1 aromatic carbocycles. The minimum absolute atomic E-state index is 0.0771. The summed E-state index contributed by atoms with van der Waals surface area (Å²) >= 11 is 0. The van der Waals surface area contributed by atoms with Crippen molar-refractivity contribution in [3.05, 3.63) is 23.8 Å². The van der Waals surface area contributed by atoms with Crippen LogP contribution in [0.4, 0.5) is 0 Å². The number of methoxy groups -OCH3 is 1. The quantitative estimate of drug-likeness (QED) is 0.798. The molecule has 1 fully saturated rings. The van der Waals surface area contributed by atoms with E-state index in [-0.39, 0.29) is 11.8 Å². The fourth-order valence-electron chi connectivity index (χ4n) is 1.97. The number of hydrogen-bond donors (Lipinski definition) is 2. The SMILES string of the molecule is COc1cc([C@H](N)C2CCC2)ccc1O. The number of hydrogen-bond acceptors (Lipinski definition) is 3. The zero-order valence-electron chi connectivity index (χ0n) is 8.94. The van der Waals surface area contributed by atoms with E-state index >= 15 is 0 Å². The molecule has 1 saturated carbocycles. The summed E-state index contributed by atoms with van der Waals surface area (Å²) in [7, 11) is 1.55. The van der Waals surface area contributed by atoms with E-state index in [1.807, 2.05) is 12.1 Å². The van der Waals surface area contributed by atoms with Crippen molar-refractivity contribution in [1.29, 1.82) is 0 Å². The molecule has 82 valence electrons. The van der Waals surface area contributed by atoms with Gasteiger partial charge in [0, 0.05) is 6.04 Å². The third-order valence-electron chi connectivity index (χ3n) is 3.25. The molecule has 1 atom stereocenters. The van der Waals surface area contributed by atoms with E-state index in [1.54, 1.807) is 13.2 Å². The molecule has 0 heterocycles. The molecular formula is C12H17NO2. The van der Waals surface area contributed by atoms with Crippen molar-refractivity contribution in [2.45, 2.75) is 25.3 Å². The summed E-state index contributed by atoms with van der Waals surface area (Å²) in [5.41, 5.74) is 7.19. The van der Waals surface area contributed by atoms with Crippen molar-refractivity contribution < 1.29 is 9.84 Å². The van der Waals surface area contributed by atoms with Gasteiger partial charge in [-0.1, -0.05) is 12.5 Å². The fraction of sp³-hybridized carbons (Fsp3) is 0.500. The van der Waals surface area contributed by atoms with Crippen molar-refractivity contribution in [3.63, 3.8) is 0 Å². The van der Waals surface area contributed by atoms with Crippen LogP contribution in [0.5, 0.6) is 11.5 Å². The molecule has 0 aromatic heterocycles. The Bertz CT molecular complexity index is 347. The molecule has 0 saturated heterocycles. The summed E-state index contributed by atoms with van der Waals surface area (Å²) in [6.45, 7) is 0. The largest absolute Gasteiger partial charge is 0.504 e. The van der Waals surface area contributed by atoms with Crippen molar-refractivity contribution in [2.24, 2.45) is 11.7 Å². The molecule has 1 aromatic rings. The molecule has 1 aliphatic carbocycles. The Balaban J connectivity index is 2.20. The van der Waals surface area contributed by atoms with E-state index in [9.17, 15) is 5.11 Å². The van der Waals surface area contributed by atoms with Crippen molar-refractivity contribution in [1.82, 2.24) is 0 Å². The number of benzene rings is 1. The second-order valence-corrected chi connectivity index (χ2v) is 4.15. The van der Waals surface area contributed by atoms with Gasteiger partial charge in [-0.2, -0.15) is 0 Å². The maximum absolute atomic E-state index is 9.46. The minimum atomic E-state index is 0.0771. The van der Waals surface area contributed by atoms with Gasteiger partial charge in [0.05, 0.1) is 7.11 Å². The maximum atomic E-state index is 9.46. The molecule has 0 spiro atoms. The molecule has 15 heavy (non-hydrogen) atoms. The van der Waals surface area contributed by atoms with Crippen LogP contribution in [0, 0.1) is 5.92 Å². The summed E-state index contributed by atoms with van der Waals surface area (Å²) in [6.07, 6.45) is 3.71. The van der Waals surface area contributed by atoms with Gasteiger partial charge in [-0.3, -0.25) is 0 Å². The third kappa shape index (κ3) is 1.92. The van der Waals surface area contributed by atoms with Gasteiger partial charge in [-0.05, 0) is 36.5 Å². The predicted molar refractivity (Wildman–Crippen MR) is 58.9 cm³/mol. The van der Waals surface area contributed by atoms with E-state index in [1.165, 1.54) is 19.3 Å². The van der Waals surface area contributed by atoms with E-state index in [0.29, 0.717) is 11.7 Å². The summed E-state index contributed by atoms with van der Waals surface area (Å²) in [6, 6.07) is 5.43. The number of nitrogens with two attached hydrogens (primary N) is 1. The summed E-state index contributed by atoms with van der Waals surface area (Å²) in [4.78, 5) is 0. The first kappa shape index (κ1) is 10.3. The van der Waals surface area contributed by atoms with Gasteiger partial charge >= 0.3 is 0 Å². The lowest BCUT2D eigenvalue weighted by Crippen LogP contribution is -2.26. The molecule has 2 rings (SSSR count). The molecular weight excluding hydrogens is 190 g/mol. The number of rotatable bonds is 3. The molecule has 3 heteroatoms. The van der Waals surface area contributed by atoms with Gasteiger partial charge in [0.1, 0.15) is 0 Å². The van der Waals surface area contributed by atoms with Crippen LogP contribution in [0.3, 0.4) is 0 Å². The maximum Gasteiger partial charge on any atom is 0.160 e. The van der Waals surface area contributed by atoms with Crippen LogP contribution in [0.2, 0.25) is 0 Å². The van der Waals surface area contributed by atoms with Crippen molar-refractivity contribution >= 4 is 0 Å². The van der Waals surface area contributed by atoms with E-state index < -0.39 is 0 Å². The van der Waals surface area contributed by atoms with Gasteiger partial charge < -0.3 is 15.6 Å². The Morgan fingerprint density at radius 3 is 2.73 bits per heavy atom. The molecule has 0 radical (unpaired) electrons. The van der Waals surface area contributed by atoms with Gasteiger partial charge in [0.2, 0.25) is 0 Å². The van der Waals surface area contributed by atoms with Gasteiger partial charge in [-0.25, -0.2) is 0 Å². The Kier molecular flexibility index (Phi) is 2.82. The predicted octanol–water partition coefficient (Wildman–Crippen LogP) is 2.20. The van der Waals surface area contributed by atoms with E-state index in [4.69, 9.17) is 10.5 Å². The molecule has 1 aliphatic rings.